The Morgan fingerprint density at radius 1 is 1.42 bits per heavy atom. The smallest absolute Gasteiger partial charge is 0.185 e. The monoisotopic (exact) mass is 279 g/mol. The molecule has 0 spiro atoms. The fraction of sp³-hybridized carbons (Fsp3) is 0.692. The van der Waals surface area contributed by atoms with Crippen molar-refractivity contribution in [2.75, 3.05) is 25.5 Å². The van der Waals surface area contributed by atoms with Gasteiger partial charge in [-0.3, -0.25) is 0 Å². The molecular weight excluding hydrogens is 258 g/mol. The van der Waals surface area contributed by atoms with Crippen LogP contribution >= 0.6 is 11.3 Å². The van der Waals surface area contributed by atoms with Gasteiger partial charge < -0.3 is 10.2 Å². The summed E-state index contributed by atoms with van der Waals surface area (Å²) in [6.07, 6.45) is 3.87. The summed E-state index contributed by atoms with van der Waals surface area (Å²) in [6, 6.07) is 0.741. The van der Waals surface area contributed by atoms with Gasteiger partial charge in [0.2, 0.25) is 0 Å². The van der Waals surface area contributed by atoms with Gasteiger partial charge in [-0.2, -0.15) is 5.10 Å². The van der Waals surface area contributed by atoms with Crippen LogP contribution in [0.3, 0.4) is 0 Å². The SMILES string of the molecule is Cc1nn(C)c2nc(NCC[C@@H]3CCCN3C)sc12. The first kappa shape index (κ1) is 12.9. The van der Waals surface area contributed by atoms with Gasteiger partial charge in [0.05, 0.1) is 10.4 Å². The maximum Gasteiger partial charge on any atom is 0.185 e. The number of nitrogens with zero attached hydrogens (tertiary/aromatic N) is 4. The molecule has 0 aromatic carbocycles. The van der Waals surface area contributed by atoms with Crippen molar-refractivity contribution in [3.8, 4) is 0 Å². The topological polar surface area (TPSA) is 46.0 Å². The summed E-state index contributed by atoms with van der Waals surface area (Å²) in [4.78, 5) is 7.08. The van der Waals surface area contributed by atoms with Crippen LogP contribution < -0.4 is 5.32 Å². The zero-order valence-corrected chi connectivity index (χ0v) is 12.6. The molecule has 6 heteroatoms. The molecule has 0 radical (unpaired) electrons. The Morgan fingerprint density at radius 2 is 2.26 bits per heavy atom. The fourth-order valence-electron chi connectivity index (χ4n) is 2.85. The van der Waals surface area contributed by atoms with Gasteiger partial charge in [0.15, 0.2) is 10.8 Å². The first-order valence-corrected chi connectivity index (χ1v) is 7.71. The van der Waals surface area contributed by atoms with Crippen molar-refractivity contribution >= 4 is 26.8 Å². The van der Waals surface area contributed by atoms with Crippen LogP contribution in [0, 0.1) is 6.92 Å². The lowest BCUT2D eigenvalue weighted by molar-refractivity contribution is 0.301. The van der Waals surface area contributed by atoms with E-state index >= 15 is 0 Å². The van der Waals surface area contributed by atoms with E-state index in [0.29, 0.717) is 0 Å². The average Bonchev–Trinajstić information content (AvgIpc) is 3.01. The number of rotatable bonds is 4. The molecule has 1 fully saturated rings. The minimum Gasteiger partial charge on any atom is -0.361 e. The normalized spacial score (nSPS) is 20.5. The quantitative estimate of drug-likeness (QED) is 0.932. The standard InChI is InChI=1S/C13H21N5S/c1-9-11-12(18(3)16-9)15-13(19-11)14-7-6-10-5-4-8-17(10)2/h10H,4-8H2,1-3H3,(H,14,15)/t10-/m0/s1. The third kappa shape index (κ3) is 2.47. The highest BCUT2D eigenvalue weighted by Crippen LogP contribution is 2.28. The van der Waals surface area contributed by atoms with Gasteiger partial charge in [-0.1, -0.05) is 11.3 Å². The van der Waals surface area contributed by atoms with Gasteiger partial charge >= 0.3 is 0 Å². The van der Waals surface area contributed by atoms with E-state index in [2.05, 4.69) is 27.3 Å². The van der Waals surface area contributed by atoms with Crippen molar-refractivity contribution < 1.29 is 0 Å². The maximum absolute atomic E-state index is 4.61. The van der Waals surface area contributed by atoms with Crippen LogP contribution in [-0.4, -0.2) is 45.8 Å². The molecule has 2 aromatic rings. The Balaban J connectivity index is 1.61. The average molecular weight is 279 g/mol. The molecule has 1 aliphatic rings. The van der Waals surface area contributed by atoms with Gasteiger partial charge in [0.1, 0.15) is 0 Å². The predicted octanol–water partition coefficient (Wildman–Crippen LogP) is 2.23. The Bertz CT molecular complexity index is 538. The highest BCUT2D eigenvalue weighted by atomic mass is 32.1. The van der Waals surface area contributed by atoms with E-state index in [4.69, 9.17) is 0 Å². The van der Waals surface area contributed by atoms with Gasteiger partial charge in [-0.15, -0.1) is 0 Å². The minimum atomic E-state index is 0.741. The van der Waals surface area contributed by atoms with E-state index in [9.17, 15) is 0 Å². The lowest BCUT2D eigenvalue weighted by Crippen LogP contribution is -2.26. The fourth-order valence-corrected chi connectivity index (χ4v) is 3.81. The molecule has 19 heavy (non-hydrogen) atoms. The van der Waals surface area contributed by atoms with Crippen molar-refractivity contribution in [3.63, 3.8) is 0 Å². The second kappa shape index (κ2) is 5.09. The van der Waals surface area contributed by atoms with Crippen LogP contribution in [0.15, 0.2) is 0 Å². The van der Waals surface area contributed by atoms with Crippen molar-refractivity contribution in [1.82, 2.24) is 19.7 Å². The number of aromatic nitrogens is 3. The first-order valence-electron chi connectivity index (χ1n) is 6.89. The molecule has 3 heterocycles. The summed E-state index contributed by atoms with van der Waals surface area (Å²) in [6.45, 7) is 4.29. The molecule has 1 atom stereocenters. The van der Waals surface area contributed by atoms with E-state index in [0.717, 1.165) is 29.1 Å². The zero-order valence-electron chi connectivity index (χ0n) is 11.8. The third-order valence-corrected chi connectivity index (χ3v) is 5.08. The first-order chi connectivity index (χ1) is 9.15. The van der Waals surface area contributed by atoms with Crippen molar-refractivity contribution in [2.24, 2.45) is 7.05 Å². The van der Waals surface area contributed by atoms with Crippen LogP contribution in [0.1, 0.15) is 25.0 Å². The summed E-state index contributed by atoms with van der Waals surface area (Å²) < 4.78 is 3.06. The zero-order chi connectivity index (χ0) is 13.4. The molecule has 0 unspecified atom stereocenters. The van der Waals surface area contributed by atoms with E-state index in [1.165, 1.54) is 30.5 Å². The molecule has 0 aliphatic carbocycles. The second-order valence-corrected chi connectivity index (χ2v) is 6.37. The number of fused-ring (bicyclic) bond motifs is 1. The lowest BCUT2D eigenvalue weighted by atomic mass is 10.1. The Labute approximate surface area is 117 Å². The summed E-state index contributed by atoms with van der Waals surface area (Å²) in [5.41, 5.74) is 2.06. The number of likely N-dealkylation sites (tertiary alicyclic amines) is 1. The largest absolute Gasteiger partial charge is 0.361 e. The van der Waals surface area contributed by atoms with E-state index in [-0.39, 0.29) is 0 Å². The molecular formula is C13H21N5S. The van der Waals surface area contributed by atoms with Gasteiger partial charge in [0.25, 0.3) is 0 Å². The van der Waals surface area contributed by atoms with E-state index < -0.39 is 0 Å². The predicted molar refractivity (Wildman–Crippen MR) is 79.9 cm³/mol. The van der Waals surface area contributed by atoms with Crippen LogP contribution in [0.2, 0.25) is 0 Å². The summed E-state index contributed by atoms with van der Waals surface area (Å²) >= 11 is 1.71. The minimum absolute atomic E-state index is 0.741. The molecule has 1 saturated heterocycles. The van der Waals surface area contributed by atoms with Crippen LogP contribution in [0.5, 0.6) is 0 Å². The molecule has 3 rings (SSSR count). The highest BCUT2D eigenvalue weighted by Gasteiger charge is 2.20. The number of aryl methyl sites for hydroxylation is 2. The van der Waals surface area contributed by atoms with E-state index in [1.54, 1.807) is 11.3 Å². The van der Waals surface area contributed by atoms with Crippen molar-refractivity contribution in [1.29, 1.82) is 0 Å². The Hall–Kier alpha value is -1.14. The molecule has 1 N–H and O–H groups in total. The number of hydrogen-bond acceptors (Lipinski definition) is 5. The highest BCUT2D eigenvalue weighted by molar-refractivity contribution is 7.22. The van der Waals surface area contributed by atoms with Crippen molar-refractivity contribution in [3.05, 3.63) is 5.69 Å². The number of hydrogen-bond donors (Lipinski definition) is 1. The summed E-state index contributed by atoms with van der Waals surface area (Å²) in [5, 5.41) is 8.86. The van der Waals surface area contributed by atoms with Gasteiger partial charge in [-0.25, -0.2) is 9.67 Å². The molecule has 0 saturated carbocycles. The van der Waals surface area contributed by atoms with Crippen LogP contribution in [0.25, 0.3) is 10.3 Å². The molecule has 0 amide bonds. The molecule has 1 aliphatic heterocycles. The molecule has 5 nitrogen and oxygen atoms in total. The third-order valence-electron chi connectivity index (χ3n) is 3.97. The van der Waals surface area contributed by atoms with Crippen LogP contribution in [-0.2, 0) is 7.05 Å². The molecule has 104 valence electrons. The summed E-state index contributed by atoms with van der Waals surface area (Å²) in [7, 11) is 4.18. The summed E-state index contributed by atoms with van der Waals surface area (Å²) in [5.74, 6) is 0. The van der Waals surface area contributed by atoms with Gasteiger partial charge in [-0.05, 0) is 39.8 Å². The van der Waals surface area contributed by atoms with Crippen LogP contribution in [0.4, 0.5) is 5.13 Å². The van der Waals surface area contributed by atoms with Crippen molar-refractivity contribution in [2.45, 2.75) is 32.2 Å². The van der Waals surface area contributed by atoms with E-state index in [1.807, 2.05) is 18.7 Å². The number of nitrogens with one attached hydrogen (secondary N) is 1. The number of anilines is 1. The Kier molecular flexibility index (Phi) is 3.45. The number of thiazole rings is 1. The molecule has 2 aromatic heterocycles. The maximum atomic E-state index is 4.61. The molecule has 0 bridgehead atoms. The van der Waals surface area contributed by atoms with Gasteiger partial charge in [0, 0.05) is 19.6 Å². The Morgan fingerprint density at radius 3 is 2.95 bits per heavy atom. The lowest BCUT2D eigenvalue weighted by Gasteiger charge is -2.18. The second-order valence-electron chi connectivity index (χ2n) is 5.37.